The number of ether oxygens (including phenoxy) is 2. The van der Waals surface area contributed by atoms with E-state index in [1.807, 2.05) is 0 Å². The van der Waals surface area contributed by atoms with Crippen LogP contribution in [0.15, 0.2) is 12.1 Å². The second-order valence-corrected chi connectivity index (χ2v) is 4.17. The Labute approximate surface area is 117 Å². The van der Waals surface area contributed by atoms with Gasteiger partial charge in [-0.15, -0.1) is 0 Å². The molecular weight excluding hydrogens is 266 g/mol. The summed E-state index contributed by atoms with van der Waals surface area (Å²) in [4.78, 5) is 0. The maximum Gasteiger partial charge on any atom is 0.150 e. The molecule has 1 N–H and O–H groups in total. The number of nitrogens with one attached hydrogen (secondary N) is 1. The van der Waals surface area contributed by atoms with Gasteiger partial charge in [-0.3, -0.25) is 0 Å². The van der Waals surface area contributed by atoms with Crippen molar-refractivity contribution in [2.45, 2.75) is 12.8 Å². The number of benzene rings is 1. The van der Waals surface area contributed by atoms with Crippen molar-refractivity contribution >= 4 is 5.69 Å². The van der Waals surface area contributed by atoms with Gasteiger partial charge in [-0.2, -0.15) is 5.26 Å². The third-order valence-corrected chi connectivity index (χ3v) is 2.62. The van der Waals surface area contributed by atoms with Gasteiger partial charge < -0.3 is 14.8 Å². The Morgan fingerprint density at radius 3 is 2.45 bits per heavy atom. The van der Waals surface area contributed by atoms with E-state index in [0.29, 0.717) is 26.4 Å². The van der Waals surface area contributed by atoms with Crippen LogP contribution < -0.4 is 5.32 Å². The van der Waals surface area contributed by atoms with Crippen molar-refractivity contribution in [3.05, 3.63) is 29.3 Å². The lowest BCUT2D eigenvalue weighted by Crippen LogP contribution is -2.08. The molecule has 4 nitrogen and oxygen atoms in total. The summed E-state index contributed by atoms with van der Waals surface area (Å²) in [6.45, 7) is 2.12. The first kappa shape index (κ1) is 16.3. The van der Waals surface area contributed by atoms with Crippen molar-refractivity contribution in [3.8, 4) is 6.07 Å². The van der Waals surface area contributed by atoms with Crippen molar-refractivity contribution in [3.63, 3.8) is 0 Å². The van der Waals surface area contributed by atoms with Crippen LogP contribution >= 0.6 is 0 Å². The molecule has 0 aliphatic carbocycles. The Morgan fingerprint density at radius 2 is 1.85 bits per heavy atom. The van der Waals surface area contributed by atoms with Crippen LogP contribution in [0, 0.1) is 23.0 Å². The Kier molecular flexibility index (Phi) is 7.55. The van der Waals surface area contributed by atoms with Crippen LogP contribution in [0.4, 0.5) is 14.5 Å². The van der Waals surface area contributed by atoms with Gasteiger partial charge >= 0.3 is 0 Å². The SMILES string of the molecule is COCCOCCCCNc1c(F)cc(C#N)cc1F. The largest absolute Gasteiger partial charge is 0.382 e. The molecule has 20 heavy (non-hydrogen) atoms. The monoisotopic (exact) mass is 284 g/mol. The van der Waals surface area contributed by atoms with E-state index in [4.69, 9.17) is 14.7 Å². The second kappa shape index (κ2) is 9.23. The highest BCUT2D eigenvalue weighted by molar-refractivity contribution is 5.50. The van der Waals surface area contributed by atoms with Crippen LogP contribution in [0.25, 0.3) is 0 Å². The first-order valence-corrected chi connectivity index (χ1v) is 6.38. The fraction of sp³-hybridized carbons (Fsp3) is 0.500. The highest BCUT2D eigenvalue weighted by atomic mass is 19.1. The number of hydrogen-bond acceptors (Lipinski definition) is 4. The normalized spacial score (nSPS) is 10.3. The predicted molar refractivity (Wildman–Crippen MR) is 71.5 cm³/mol. The van der Waals surface area contributed by atoms with E-state index >= 15 is 0 Å². The second-order valence-electron chi connectivity index (χ2n) is 4.17. The van der Waals surface area contributed by atoms with Crippen molar-refractivity contribution < 1.29 is 18.3 Å². The number of methoxy groups -OCH3 is 1. The third-order valence-electron chi connectivity index (χ3n) is 2.62. The first-order valence-electron chi connectivity index (χ1n) is 6.38. The molecule has 0 atom stereocenters. The van der Waals surface area contributed by atoms with Crippen LogP contribution in [-0.4, -0.2) is 33.5 Å². The molecule has 0 aliphatic rings. The zero-order chi connectivity index (χ0) is 14.8. The number of nitrogens with zero attached hydrogens (tertiary/aromatic N) is 1. The van der Waals surface area contributed by atoms with Crippen molar-refractivity contribution in [2.24, 2.45) is 0 Å². The van der Waals surface area contributed by atoms with Crippen LogP contribution in [-0.2, 0) is 9.47 Å². The molecule has 0 saturated carbocycles. The molecule has 1 aromatic carbocycles. The predicted octanol–water partition coefficient (Wildman–Crippen LogP) is 2.69. The van der Waals surface area contributed by atoms with Crippen LogP contribution in [0.3, 0.4) is 0 Å². The molecule has 0 spiro atoms. The molecule has 0 aromatic heterocycles. The fourth-order valence-electron chi connectivity index (χ4n) is 1.59. The smallest absolute Gasteiger partial charge is 0.150 e. The molecule has 0 aliphatic heterocycles. The number of halogens is 2. The quantitative estimate of drug-likeness (QED) is 0.708. The Bertz CT molecular complexity index is 438. The lowest BCUT2D eigenvalue weighted by molar-refractivity contribution is 0.0691. The highest BCUT2D eigenvalue weighted by Crippen LogP contribution is 2.20. The highest BCUT2D eigenvalue weighted by Gasteiger charge is 2.10. The number of nitriles is 1. The minimum atomic E-state index is -0.752. The topological polar surface area (TPSA) is 54.3 Å². The minimum absolute atomic E-state index is 0.0305. The summed E-state index contributed by atoms with van der Waals surface area (Å²) in [5, 5.41) is 11.3. The average Bonchev–Trinajstić information content (AvgIpc) is 2.43. The summed E-state index contributed by atoms with van der Waals surface area (Å²) in [5.74, 6) is -1.50. The number of anilines is 1. The van der Waals surface area contributed by atoms with Gasteiger partial charge in [0.15, 0.2) is 11.6 Å². The molecule has 0 fully saturated rings. The summed E-state index contributed by atoms with van der Waals surface area (Å²) in [6, 6.07) is 3.73. The van der Waals surface area contributed by atoms with Crippen LogP contribution in [0.5, 0.6) is 0 Å². The first-order chi connectivity index (χ1) is 9.69. The van der Waals surface area contributed by atoms with Gasteiger partial charge in [0.25, 0.3) is 0 Å². The summed E-state index contributed by atoms with van der Waals surface area (Å²) in [5.41, 5.74) is -0.221. The number of rotatable bonds is 9. The van der Waals surface area contributed by atoms with E-state index in [1.165, 1.54) is 0 Å². The zero-order valence-corrected chi connectivity index (χ0v) is 11.4. The van der Waals surface area contributed by atoms with Gasteiger partial charge in [0.1, 0.15) is 5.69 Å². The molecule has 0 bridgehead atoms. The van der Waals surface area contributed by atoms with Crippen molar-refractivity contribution in [2.75, 3.05) is 38.8 Å². The Morgan fingerprint density at radius 1 is 1.15 bits per heavy atom. The maximum atomic E-state index is 13.5. The van der Waals surface area contributed by atoms with Gasteiger partial charge in [-0.25, -0.2) is 8.78 Å². The van der Waals surface area contributed by atoms with E-state index in [2.05, 4.69) is 5.32 Å². The summed E-state index contributed by atoms with van der Waals surface area (Å²) >= 11 is 0. The molecule has 6 heteroatoms. The number of hydrogen-bond donors (Lipinski definition) is 1. The molecule has 0 radical (unpaired) electrons. The van der Waals surface area contributed by atoms with E-state index in [1.54, 1.807) is 13.2 Å². The molecule has 1 rings (SSSR count). The lowest BCUT2D eigenvalue weighted by Gasteiger charge is -2.09. The Balaban J connectivity index is 2.27. The Hall–Kier alpha value is -1.71. The molecule has 0 saturated heterocycles. The standard InChI is InChI=1S/C14H18F2N2O2/c1-19-6-7-20-5-3-2-4-18-14-12(15)8-11(10-17)9-13(14)16/h8-9,18H,2-7H2,1H3. The van der Waals surface area contributed by atoms with Crippen molar-refractivity contribution in [1.82, 2.24) is 0 Å². The molecule has 0 heterocycles. The van der Waals surface area contributed by atoms with E-state index in [-0.39, 0.29) is 11.3 Å². The van der Waals surface area contributed by atoms with E-state index in [9.17, 15) is 8.78 Å². The summed E-state index contributed by atoms with van der Waals surface area (Å²) in [7, 11) is 1.61. The molecule has 1 aromatic rings. The van der Waals surface area contributed by atoms with Crippen molar-refractivity contribution in [1.29, 1.82) is 5.26 Å². The van der Waals surface area contributed by atoms with Crippen LogP contribution in [0.2, 0.25) is 0 Å². The average molecular weight is 284 g/mol. The maximum absolute atomic E-state index is 13.5. The van der Waals surface area contributed by atoms with Crippen LogP contribution in [0.1, 0.15) is 18.4 Å². The lowest BCUT2D eigenvalue weighted by atomic mass is 10.2. The zero-order valence-electron chi connectivity index (χ0n) is 11.4. The number of unbranched alkanes of at least 4 members (excludes halogenated alkanes) is 1. The van der Waals surface area contributed by atoms with Gasteiger partial charge in [-0.05, 0) is 25.0 Å². The fourth-order valence-corrected chi connectivity index (χ4v) is 1.59. The van der Waals surface area contributed by atoms with Gasteiger partial charge in [-0.1, -0.05) is 0 Å². The third kappa shape index (κ3) is 5.51. The molecule has 0 amide bonds. The van der Waals surface area contributed by atoms with Gasteiger partial charge in [0.2, 0.25) is 0 Å². The summed E-state index contributed by atoms with van der Waals surface area (Å²) < 4.78 is 37.1. The van der Waals surface area contributed by atoms with E-state index < -0.39 is 11.6 Å². The van der Waals surface area contributed by atoms with E-state index in [0.717, 1.165) is 25.0 Å². The molecular formula is C14H18F2N2O2. The molecule has 110 valence electrons. The van der Waals surface area contributed by atoms with Gasteiger partial charge in [0.05, 0.1) is 24.8 Å². The minimum Gasteiger partial charge on any atom is -0.382 e. The summed E-state index contributed by atoms with van der Waals surface area (Å²) in [6.07, 6.45) is 1.52. The molecule has 0 unspecified atom stereocenters. The van der Waals surface area contributed by atoms with Gasteiger partial charge in [0, 0.05) is 20.3 Å².